The van der Waals surface area contributed by atoms with E-state index < -0.39 is 0 Å². The van der Waals surface area contributed by atoms with Gasteiger partial charge in [-0.15, -0.1) is 0 Å². The summed E-state index contributed by atoms with van der Waals surface area (Å²) in [5.74, 6) is 0.232. The van der Waals surface area contributed by atoms with E-state index in [1.165, 1.54) is 0 Å². The van der Waals surface area contributed by atoms with Crippen molar-refractivity contribution in [2.24, 2.45) is 5.73 Å². The van der Waals surface area contributed by atoms with Crippen molar-refractivity contribution in [3.63, 3.8) is 0 Å². The highest BCUT2D eigenvalue weighted by Crippen LogP contribution is 2.23. The number of carbonyl (C=O) groups excluding carboxylic acids is 1. The molecule has 1 fully saturated rings. The number of halogens is 1. The van der Waals surface area contributed by atoms with Crippen molar-refractivity contribution in [2.75, 3.05) is 6.54 Å². The average molecular weight is 339 g/mol. The number of benzene rings is 1. The predicted molar refractivity (Wildman–Crippen MR) is 85.5 cm³/mol. The number of hydrogen-bond donors (Lipinski definition) is 1. The first-order valence-electron chi connectivity index (χ1n) is 7.39. The zero-order valence-electron chi connectivity index (χ0n) is 12.0. The van der Waals surface area contributed by atoms with Crippen LogP contribution in [-0.4, -0.2) is 29.4 Å². The Bertz CT molecular complexity index is 438. The second-order valence-corrected chi connectivity index (χ2v) is 6.47. The summed E-state index contributed by atoms with van der Waals surface area (Å²) < 4.78 is 1.04. The lowest BCUT2D eigenvalue weighted by Crippen LogP contribution is -2.44. The van der Waals surface area contributed by atoms with Gasteiger partial charge in [-0.2, -0.15) is 0 Å². The zero-order valence-corrected chi connectivity index (χ0v) is 13.6. The number of likely N-dealkylation sites (N-methyl/N-ethyl adjacent to an activating group) is 1. The van der Waals surface area contributed by atoms with Crippen LogP contribution in [0.5, 0.6) is 0 Å². The Morgan fingerprint density at radius 1 is 1.25 bits per heavy atom. The van der Waals surface area contributed by atoms with Gasteiger partial charge in [0.15, 0.2) is 0 Å². The summed E-state index contributed by atoms with van der Waals surface area (Å²) in [5, 5.41) is 0. The molecular weight excluding hydrogens is 316 g/mol. The predicted octanol–water partition coefficient (Wildman–Crippen LogP) is 3.11. The molecule has 0 spiro atoms. The van der Waals surface area contributed by atoms with E-state index in [0.717, 1.165) is 42.3 Å². The third-order valence-corrected chi connectivity index (χ3v) is 4.64. The van der Waals surface area contributed by atoms with E-state index in [0.29, 0.717) is 18.5 Å². The van der Waals surface area contributed by atoms with Gasteiger partial charge in [0.05, 0.1) is 6.42 Å². The van der Waals surface area contributed by atoms with Crippen LogP contribution in [0.1, 0.15) is 38.2 Å². The highest BCUT2D eigenvalue weighted by Gasteiger charge is 2.26. The summed E-state index contributed by atoms with van der Waals surface area (Å²) in [6.45, 7) is 2.85. The molecule has 0 atom stereocenters. The molecule has 0 heterocycles. The number of rotatable bonds is 4. The molecule has 0 aliphatic heterocycles. The van der Waals surface area contributed by atoms with E-state index in [1.54, 1.807) is 0 Å². The van der Waals surface area contributed by atoms with Gasteiger partial charge in [0.2, 0.25) is 5.91 Å². The SMILES string of the molecule is CCN(C(=O)Cc1ccc(Br)cc1)C1CCC(N)CC1. The van der Waals surface area contributed by atoms with Gasteiger partial charge in [-0.25, -0.2) is 0 Å². The molecule has 0 unspecified atom stereocenters. The minimum Gasteiger partial charge on any atom is -0.340 e. The Kier molecular flexibility index (Phi) is 5.61. The first kappa shape index (κ1) is 15.5. The molecule has 3 nitrogen and oxygen atoms in total. The number of nitrogens with two attached hydrogens (primary N) is 1. The van der Waals surface area contributed by atoms with Crippen LogP contribution in [0.25, 0.3) is 0 Å². The zero-order chi connectivity index (χ0) is 14.5. The molecule has 20 heavy (non-hydrogen) atoms. The summed E-state index contributed by atoms with van der Waals surface area (Å²) in [7, 11) is 0. The number of hydrogen-bond acceptors (Lipinski definition) is 2. The Labute approximate surface area is 129 Å². The maximum absolute atomic E-state index is 12.5. The van der Waals surface area contributed by atoms with E-state index in [2.05, 4.69) is 22.9 Å². The van der Waals surface area contributed by atoms with Crippen LogP contribution < -0.4 is 5.73 Å². The van der Waals surface area contributed by atoms with E-state index in [4.69, 9.17) is 5.73 Å². The lowest BCUT2D eigenvalue weighted by atomic mass is 9.90. The highest BCUT2D eigenvalue weighted by molar-refractivity contribution is 9.10. The van der Waals surface area contributed by atoms with Crippen LogP contribution in [0.4, 0.5) is 0 Å². The molecule has 0 saturated heterocycles. The molecule has 1 aromatic rings. The molecule has 2 rings (SSSR count). The van der Waals surface area contributed by atoms with Gasteiger partial charge in [-0.1, -0.05) is 28.1 Å². The van der Waals surface area contributed by atoms with Gasteiger partial charge < -0.3 is 10.6 Å². The summed E-state index contributed by atoms with van der Waals surface area (Å²) in [6.07, 6.45) is 4.64. The molecule has 1 aromatic carbocycles. The summed E-state index contributed by atoms with van der Waals surface area (Å²) in [6, 6.07) is 8.69. The van der Waals surface area contributed by atoms with Crippen LogP contribution in [0.2, 0.25) is 0 Å². The number of carbonyl (C=O) groups is 1. The van der Waals surface area contributed by atoms with Gasteiger partial charge in [-0.3, -0.25) is 4.79 Å². The second kappa shape index (κ2) is 7.23. The van der Waals surface area contributed by atoms with Crippen molar-refractivity contribution in [1.82, 2.24) is 4.90 Å². The fourth-order valence-corrected chi connectivity index (χ4v) is 3.19. The van der Waals surface area contributed by atoms with Gasteiger partial charge in [-0.05, 0) is 50.3 Å². The van der Waals surface area contributed by atoms with Crippen molar-refractivity contribution < 1.29 is 4.79 Å². The number of nitrogens with zero attached hydrogens (tertiary/aromatic N) is 1. The molecule has 1 saturated carbocycles. The van der Waals surface area contributed by atoms with Crippen molar-refractivity contribution in [2.45, 2.75) is 51.1 Å². The van der Waals surface area contributed by atoms with Gasteiger partial charge >= 0.3 is 0 Å². The topological polar surface area (TPSA) is 46.3 Å². The number of amides is 1. The Hall–Kier alpha value is -0.870. The minimum atomic E-state index is 0.232. The lowest BCUT2D eigenvalue weighted by Gasteiger charge is -2.35. The van der Waals surface area contributed by atoms with E-state index in [1.807, 2.05) is 29.2 Å². The summed E-state index contributed by atoms with van der Waals surface area (Å²) in [5.41, 5.74) is 7.02. The lowest BCUT2D eigenvalue weighted by molar-refractivity contribution is -0.133. The maximum atomic E-state index is 12.5. The molecule has 1 amide bonds. The van der Waals surface area contributed by atoms with Crippen LogP contribution in [0, 0.1) is 0 Å². The molecule has 1 aliphatic carbocycles. The van der Waals surface area contributed by atoms with E-state index in [9.17, 15) is 4.79 Å². The molecule has 2 N–H and O–H groups in total. The van der Waals surface area contributed by atoms with Crippen LogP contribution >= 0.6 is 15.9 Å². The molecular formula is C16H23BrN2O. The largest absolute Gasteiger partial charge is 0.340 e. The Morgan fingerprint density at radius 2 is 1.85 bits per heavy atom. The molecule has 110 valence electrons. The summed E-state index contributed by atoms with van der Waals surface area (Å²) in [4.78, 5) is 14.5. The smallest absolute Gasteiger partial charge is 0.227 e. The van der Waals surface area contributed by atoms with E-state index >= 15 is 0 Å². The fraction of sp³-hybridized carbons (Fsp3) is 0.562. The van der Waals surface area contributed by atoms with Gasteiger partial charge in [0, 0.05) is 23.1 Å². The Balaban J connectivity index is 1.96. The van der Waals surface area contributed by atoms with Gasteiger partial charge in [0.1, 0.15) is 0 Å². The average Bonchev–Trinajstić information content (AvgIpc) is 2.44. The van der Waals surface area contributed by atoms with Crippen molar-refractivity contribution in [3.8, 4) is 0 Å². The quantitative estimate of drug-likeness (QED) is 0.916. The standard InChI is InChI=1S/C16H23BrN2O/c1-2-19(15-9-7-14(18)8-10-15)16(20)11-12-3-5-13(17)6-4-12/h3-6,14-15H,2,7-11,18H2,1H3. The second-order valence-electron chi connectivity index (χ2n) is 5.55. The van der Waals surface area contributed by atoms with Crippen LogP contribution in [0.3, 0.4) is 0 Å². The van der Waals surface area contributed by atoms with Crippen molar-refractivity contribution in [3.05, 3.63) is 34.3 Å². The summed E-state index contributed by atoms with van der Waals surface area (Å²) >= 11 is 3.42. The molecule has 0 bridgehead atoms. The third-order valence-electron chi connectivity index (χ3n) is 4.11. The van der Waals surface area contributed by atoms with E-state index in [-0.39, 0.29) is 5.91 Å². The van der Waals surface area contributed by atoms with Crippen LogP contribution in [0.15, 0.2) is 28.7 Å². The molecule has 0 radical (unpaired) electrons. The first-order chi connectivity index (χ1) is 9.60. The molecule has 1 aliphatic rings. The van der Waals surface area contributed by atoms with Crippen molar-refractivity contribution >= 4 is 21.8 Å². The van der Waals surface area contributed by atoms with Crippen molar-refractivity contribution in [1.29, 1.82) is 0 Å². The normalized spacial score (nSPS) is 22.6. The molecule has 4 heteroatoms. The maximum Gasteiger partial charge on any atom is 0.227 e. The fourth-order valence-electron chi connectivity index (χ4n) is 2.93. The monoisotopic (exact) mass is 338 g/mol. The van der Waals surface area contributed by atoms with Gasteiger partial charge in [0.25, 0.3) is 0 Å². The third kappa shape index (κ3) is 4.06. The van der Waals surface area contributed by atoms with Crippen LogP contribution in [-0.2, 0) is 11.2 Å². The first-order valence-corrected chi connectivity index (χ1v) is 8.19. The highest BCUT2D eigenvalue weighted by atomic mass is 79.9. The molecule has 0 aromatic heterocycles. The minimum absolute atomic E-state index is 0.232. The Morgan fingerprint density at radius 3 is 2.40 bits per heavy atom.